The molecule has 0 N–H and O–H groups in total. The molecule has 0 aliphatic rings. The van der Waals surface area contributed by atoms with Crippen LogP contribution in [0.2, 0.25) is 0 Å². The van der Waals surface area contributed by atoms with Gasteiger partial charge in [0.15, 0.2) is 6.10 Å². The number of allylic oxidation sites excluding steroid dienone is 2. The van der Waals surface area contributed by atoms with E-state index in [1.807, 2.05) is 21.1 Å². The molecule has 0 amide bonds. The Balaban J connectivity index is 4.47. The normalized spacial score (nSPS) is 14.0. The zero-order valence-electron chi connectivity index (χ0n) is 29.6. The summed E-state index contributed by atoms with van der Waals surface area (Å²) in [4.78, 5) is 37.1. The molecule has 0 saturated carbocycles. The summed E-state index contributed by atoms with van der Waals surface area (Å²) >= 11 is 0. The van der Waals surface area contributed by atoms with Crippen LogP contribution in [-0.2, 0) is 32.7 Å². The van der Waals surface area contributed by atoms with Crippen LogP contribution in [0.1, 0.15) is 149 Å². The molecule has 0 aromatic carbocycles. The molecule has 2 atom stereocenters. The second-order valence-electron chi connectivity index (χ2n) is 13.2. The Morgan fingerprint density at radius 3 is 1.69 bits per heavy atom. The van der Waals surface area contributed by atoms with E-state index >= 15 is 0 Å². The van der Waals surface area contributed by atoms with Crippen molar-refractivity contribution in [2.75, 3.05) is 47.5 Å². The molecule has 0 aromatic rings. The van der Waals surface area contributed by atoms with Crippen LogP contribution in [-0.4, -0.2) is 70.0 Å². The molecule has 266 valence electrons. The lowest BCUT2D eigenvalue weighted by molar-refractivity contribution is -0.870. The predicted molar refractivity (Wildman–Crippen MR) is 181 cm³/mol. The fourth-order valence-electron chi connectivity index (χ4n) is 4.65. The predicted octanol–water partition coefficient (Wildman–Crippen LogP) is 8.44. The van der Waals surface area contributed by atoms with Gasteiger partial charge in [-0.25, -0.2) is 0 Å². The molecule has 1 unspecified atom stereocenters. The average molecular weight is 662 g/mol. The number of carbonyl (C=O) groups excluding carboxylic acids is 2. The average Bonchev–Trinajstić information content (AvgIpc) is 2.97. The molecule has 9 nitrogen and oxygen atoms in total. The molecule has 0 radical (unpaired) electrons. The number of hydrogen-bond donors (Lipinski definition) is 0. The monoisotopic (exact) mass is 661 g/mol. The Hall–Kier alpha value is -1.25. The number of phosphoric acid groups is 1. The number of likely N-dealkylation sites (N-methyl/N-ethyl adjacent to an activating group) is 1. The van der Waals surface area contributed by atoms with Crippen LogP contribution in [0, 0.1) is 0 Å². The van der Waals surface area contributed by atoms with Gasteiger partial charge in [-0.15, -0.1) is 0 Å². The summed E-state index contributed by atoms with van der Waals surface area (Å²) in [5, 5.41) is 0. The number of hydrogen-bond acceptors (Lipinski definition) is 8. The number of unbranched alkanes of at least 4 members (excludes halogenated alkanes) is 16. The summed E-state index contributed by atoms with van der Waals surface area (Å²) in [5.74, 6) is -0.848. The Morgan fingerprint density at radius 1 is 0.667 bits per heavy atom. The third-order valence-corrected chi connectivity index (χ3v) is 8.50. The maximum absolute atomic E-state index is 12.5. The molecule has 0 aromatic heterocycles. The van der Waals surface area contributed by atoms with Crippen molar-refractivity contribution in [2.45, 2.75) is 155 Å². The van der Waals surface area contributed by atoms with Crippen molar-refractivity contribution in [1.29, 1.82) is 0 Å². The summed E-state index contributed by atoms with van der Waals surface area (Å²) in [5.41, 5.74) is 0. The minimum absolute atomic E-state index is 0.0297. The molecule has 0 aliphatic carbocycles. The fraction of sp³-hybridized carbons (Fsp3) is 0.886. The molecule has 0 heterocycles. The van der Waals surface area contributed by atoms with E-state index in [0.717, 1.165) is 57.8 Å². The van der Waals surface area contributed by atoms with Gasteiger partial charge in [-0.1, -0.05) is 109 Å². The van der Waals surface area contributed by atoms with Gasteiger partial charge in [0, 0.05) is 12.8 Å². The SMILES string of the molecule is CCCCC/C=C/CCCCCCCC(=O)OC[C@H](COP(=O)([O-])OCC[N+](C)(C)C)OC(=O)CCCCCCCCCCC. The molecule has 0 aliphatic heterocycles. The number of quaternary nitrogens is 1. The van der Waals surface area contributed by atoms with Gasteiger partial charge in [-0.3, -0.25) is 14.2 Å². The number of phosphoric ester groups is 1. The Bertz CT molecular complexity index is 799. The highest BCUT2D eigenvalue weighted by Crippen LogP contribution is 2.38. The van der Waals surface area contributed by atoms with Crippen LogP contribution in [0.4, 0.5) is 0 Å². The van der Waals surface area contributed by atoms with Gasteiger partial charge in [-0.2, -0.15) is 0 Å². The molecule has 0 bridgehead atoms. The van der Waals surface area contributed by atoms with E-state index in [2.05, 4.69) is 26.0 Å². The minimum atomic E-state index is -4.61. The molecule has 10 heteroatoms. The number of ether oxygens (including phenoxy) is 2. The highest BCUT2D eigenvalue weighted by molar-refractivity contribution is 7.45. The first-order valence-corrected chi connectivity index (χ1v) is 19.4. The first-order chi connectivity index (χ1) is 21.5. The summed E-state index contributed by atoms with van der Waals surface area (Å²) < 4.78 is 33.6. The molecule has 0 spiro atoms. The zero-order valence-corrected chi connectivity index (χ0v) is 30.5. The third-order valence-electron chi connectivity index (χ3n) is 7.54. The second-order valence-corrected chi connectivity index (χ2v) is 14.6. The summed E-state index contributed by atoms with van der Waals surface area (Å²) in [6.45, 7) is 4.15. The minimum Gasteiger partial charge on any atom is -0.756 e. The summed E-state index contributed by atoms with van der Waals surface area (Å²) in [7, 11) is 1.16. The van der Waals surface area contributed by atoms with E-state index in [1.165, 1.54) is 57.8 Å². The number of carbonyl (C=O) groups is 2. The van der Waals surface area contributed by atoms with Crippen molar-refractivity contribution in [3.05, 3.63) is 12.2 Å². The first-order valence-electron chi connectivity index (χ1n) is 17.9. The zero-order chi connectivity index (χ0) is 33.7. The summed E-state index contributed by atoms with van der Waals surface area (Å²) in [6.07, 6.45) is 25.3. The van der Waals surface area contributed by atoms with Crippen molar-refractivity contribution < 1.29 is 42.1 Å². The van der Waals surface area contributed by atoms with Gasteiger partial charge >= 0.3 is 11.9 Å². The Kier molecular flexibility index (Phi) is 28.1. The molecular formula is C35H68NO8P. The third kappa shape index (κ3) is 32.5. The number of rotatable bonds is 32. The van der Waals surface area contributed by atoms with Gasteiger partial charge < -0.3 is 27.9 Å². The van der Waals surface area contributed by atoms with Gasteiger partial charge in [0.25, 0.3) is 7.82 Å². The van der Waals surface area contributed by atoms with Gasteiger partial charge in [0.2, 0.25) is 0 Å². The van der Waals surface area contributed by atoms with Crippen molar-refractivity contribution >= 4 is 19.8 Å². The van der Waals surface area contributed by atoms with Crippen LogP contribution < -0.4 is 4.89 Å². The number of nitrogens with zero attached hydrogens (tertiary/aromatic N) is 1. The quantitative estimate of drug-likeness (QED) is 0.0232. The largest absolute Gasteiger partial charge is 0.756 e. The lowest BCUT2D eigenvalue weighted by Crippen LogP contribution is -2.37. The van der Waals surface area contributed by atoms with Crippen LogP contribution in [0.5, 0.6) is 0 Å². The van der Waals surface area contributed by atoms with Crippen LogP contribution in [0.3, 0.4) is 0 Å². The van der Waals surface area contributed by atoms with Crippen LogP contribution >= 0.6 is 7.82 Å². The summed E-state index contributed by atoms with van der Waals surface area (Å²) in [6, 6.07) is 0. The second kappa shape index (κ2) is 28.9. The van der Waals surface area contributed by atoms with Crippen molar-refractivity contribution in [2.24, 2.45) is 0 Å². The molecule has 0 saturated heterocycles. The topological polar surface area (TPSA) is 111 Å². The van der Waals surface area contributed by atoms with Crippen LogP contribution in [0.25, 0.3) is 0 Å². The van der Waals surface area contributed by atoms with Crippen molar-refractivity contribution in [1.82, 2.24) is 0 Å². The Labute approximate surface area is 276 Å². The molecular weight excluding hydrogens is 593 g/mol. The molecule has 45 heavy (non-hydrogen) atoms. The van der Waals surface area contributed by atoms with Crippen LogP contribution in [0.15, 0.2) is 12.2 Å². The van der Waals surface area contributed by atoms with E-state index < -0.39 is 32.5 Å². The van der Waals surface area contributed by atoms with Gasteiger partial charge in [0.1, 0.15) is 19.8 Å². The highest BCUT2D eigenvalue weighted by Gasteiger charge is 2.21. The van der Waals surface area contributed by atoms with E-state index in [9.17, 15) is 19.0 Å². The van der Waals surface area contributed by atoms with E-state index in [1.54, 1.807) is 0 Å². The fourth-order valence-corrected chi connectivity index (χ4v) is 5.38. The highest BCUT2D eigenvalue weighted by atomic mass is 31.2. The van der Waals surface area contributed by atoms with E-state index in [0.29, 0.717) is 17.4 Å². The maximum atomic E-state index is 12.5. The standard InChI is InChI=1S/C35H68NO8P/c1-6-8-10-12-14-16-17-18-20-21-23-25-27-34(37)41-31-33(32-43-45(39,40)42-30-29-36(3,4)5)44-35(38)28-26-24-22-19-15-13-11-9-7-2/h14,16,33H,6-13,15,17-32H2,1-5H3/b16-14+/t33-/m1/s1. The van der Waals surface area contributed by atoms with E-state index in [4.69, 9.17) is 18.5 Å². The molecule has 0 fully saturated rings. The lowest BCUT2D eigenvalue weighted by atomic mass is 10.1. The van der Waals surface area contributed by atoms with Gasteiger partial charge in [0.05, 0.1) is 27.7 Å². The van der Waals surface area contributed by atoms with Crippen molar-refractivity contribution in [3.63, 3.8) is 0 Å². The van der Waals surface area contributed by atoms with E-state index in [-0.39, 0.29) is 26.1 Å². The smallest absolute Gasteiger partial charge is 0.306 e. The maximum Gasteiger partial charge on any atom is 0.306 e. The van der Waals surface area contributed by atoms with Crippen molar-refractivity contribution in [3.8, 4) is 0 Å². The Morgan fingerprint density at radius 2 is 1.13 bits per heavy atom. The first kappa shape index (κ1) is 43.8. The molecule has 0 rings (SSSR count). The lowest BCUT2D eigenvalue weighted by Gasteiger charge is -2.28. The van der Waals surface area contributed by atoms with Gasteiger partial charge in [-0.05, 0) is 38.5 Å². The number of esters is 2.